The summed E-state index contributed by atoms with van der Waals surface area (Å²) in [7, 11) is 4.08. The van der Waals surface area contributed by atoms with Gasteiger partial charge in [0.25, 0.3) is 0 Å². The van der Waals surface area contributed by atoms with Crippen LogP contribution in [0.2, 0.25) is 0 Å². The van der Waals surface area contributed by atoms with E-state index >= 15 is 0 Å². The van der Waals surface area contributed by atoms with Gasteiger partial charge in [0.05, 0.1) is 17.6 Å². The van der Waals surface area contributed by atoms with Crippen molar-refractivity contribution < 1.29 is 0 Å². The Morgan fingerprint density at radius 3 is 2.67 bits per heavy atom. The van der Waals surface area contributed by atoms with E-state index < -0.39 is 0 Å². The molecule has 0 aliphatic heterocycles. The van der Waals surface area contributed by atoms with Crippen molar-refractivity contribution >= 4 is 0 Å². The van der Waals surface area contributed by atoms with E-state index in [2.05, 4.69) is 15.2 Å². The Balaban J connectivity index is 2.17. The predicted molar refractivity (Wildman–Crippen MR) is 71.5 cm³/mol. The van der Waals surface area contributed by atoms with Crippen molar-refractivity contribution in [3.05, 3.63) is 42.2 Å². The highest BCUT2D eigenvalue weighted by Crippen LogP contribution is 2.16. The van der Waals surface area contributed by atoms with Crippen molar-refractivity contribution in [2.75, 3.05) is 20.6 Å². The third kappa shape index (κ3) is 2.94. The van der Waals surface area contributed by atoms with Crippen LogP contribution < -0.4 is 5.73 Å². The fourth-order valence-electron chi connectivity index (χ4n) is 1.81. The van der Waals surface area contributed by atoms with Crippen LogP contribution in [0.1, 0.15) is 18.2 Å². The van der Waals surface area contributed by atoms with Crippen LogP contribution in [-0.4, -0.2) is 40.5 Å². The zero-order valence-corrected chi connectivity index (χ0v) is 10.8. The van der Waals surface area contributed by atoms with E-state index in [1.54, 1.807) is 10.9 Å². The van der Waals surface area contributed by atoms with Gasteiger partial charge < -0.3 is 10.6 Å². The first kappa shape index (κ1) is 12.7. The zero-order valence-electron chi connectivity index (χ0n) is 10.8. The summed E-state index contributed by atoms with van der Waals surface area (Å²) >= 11 is 0. The van der Waals surface area contributed by atoms with Gasteiger partial charge in [0.2, 0.25) is 0 Å². The highest BCUT2D eigenvalue weighted by Gasteiger charge is 2.14. The topological polar surface area (TPSA) is 60.0 Å². The van der Waals surface area contributed by atoms with Gasteiger partial charge in [-0.25, -0.2) is 4.68 Å². The van der Waals surface area contributed by atoms with Crippen LogP contribution >= 0.6 is 0 Å². The van der Waals surface area contributed by atoms with E-state index in [0.717, 1.165) is 24.3 Å². The molecule has 0 saturated heterocycles. The average molecular weight is 245 g/mol. The Hall–Kier alpha value is -1.72. The van der Waals surface area contributed by atoms with Crippen LogP contribution in [0, 0.1) is 0 Å². The summed E-state index contributed by atoms with van der Waals surface area (Å²) in [5.74, 6) is 0. The quantitative estimate of drug-likeness (QED) is 0.860. The van der Waals surface area contributed by atoms with E-state index in [9.17, 15) is 0 Å². The molecule has 0 aliphatic carbocycles. The second kappa shape index (κ2) is 5.75. The molecule has 0 aliphatic rings. The second-order valence-corrected chi connectivity index (χ2v) is 4.60. The molecule has 1 unspecified atom stereocenters. The number of nitrogens with zero attached hydrogens (tertiary/aromatic N) is 4. The smallest absolute Gasteiger partial charge is 0.0813 e. The molecule has 2 rings (SSSR count). The fraction of sp³-hybridized carbons (Fsp3) is 0.385. The lowest BCUT2D eigenvalue weighted by molar-refractivity contribution is 0.379. The van der Waals surface area contributed by atoms with Crippen LogP contribution in [0.3, 0.4) is 0 Å². The van der Waals surface area contributed by atoms with Crippen molar-refractivity contribution in [3.63, 3.8) is 0 Å². The van der Waals surface area contributed by atoms with Gasteiger partial charge in [0.15, 0.2) is 0 Å². The molecule has 1 heterocycles. The molecule has 0 bridgehead atoms. The molecule has 5 nitrogen and oxygen atoms in total. The summed E-state index contributed by atoms with van der Waals surface area (Å²) in [6.07, 6.45) is 2.63. The van der Waals surface area contributed by atoms with Gasteiger partial charge in [-0.1, -0.05) is 23.4 Å². The lowest BCUT2D eigenvalue weighted by Crippen LogP contribution is -2.22. The molecule has 5 heteroatoms. The molecule has 2 N–H and O–H groups in total. The van der Waals surface area contributed by atoms with Gasteiger partial charge in [0.1, 0.15) is 0 Å². The van der Waals surface area contributed by atoms with Gasteiger partial charge in [-0.3, -0.25) is 0 Å². The first-order chi connectivity index (χ1) is 8.68. The van der Waals surface area contributed by atoms with E-state index in [1.807, 2.05) is 44.4 Å². The third-order valence-electron chi connectivity index (χ3n) is 2.84. The minimum atomic E-state index is -0.0531. The van der Waals surface area contributed by atoms with Crippen LogP contribution in [-0.2, 0) is 0 Å². The second-order valence-electron chi connectivity index (χ2n) is 4.60. The Morgan fingerprint density at radius 2 is 2.00 bits per heavy atom. The molecule has 1 atom stereocenters. The van der Waals surface area contributed by atoms with E-state index in [-0.39, 0.29) is 6.04 Å². The van der Waals surface area contributed by atoms with Crippen molar-refractivity contribution in [3.8, 4) is 5.69 Å². The number of rotatable bonds is 5. The number of para-hydroxylation sites is 1. The maximum atomic E-state index is 6.20. The van der Waals surface area contributed by atoms with Crippen molar-refractivity contribution in [1.82, 2.24) is 19.9 Å². The normalized spacial score (nSPS) is 12.9. The summed E-state index contributed by atoms with van der Waals surface area (Å²) < 4.78 is 1.81. The molecule has 18 heavy (non-hydrogen) atoms. The lowest BCUT2D eigenvalue weighted by atomic mass is 10.1. The molecule has 1 aromatic heterocycles. The fourth-order valence-corrected chi connectivity index (χ4v) is 1.81. The van der Waals surface area contributed by atoms with Gasteiger partial charge in [0, 0.05) is 6.04 Å². The predicted octanol–water partition coefficient (Wildman–Crippen LogP) is 1.22. The Bertz CT molecular complexity index is 477. The number of hydrogen-bond acceptors (Lipinski definition) is 4. The average Bonchev–Trinajstić information content (AvgIpc) is 2.86. The van der Waals surface area contributed by atoms with E-state index in [4.69, 9.17) is 5.73 Å². The first-order valence-electron chi connectivity index (χ1n) is 6.05. The molecule has 0 radical (unpaired) electrons. The minimum Gasteiger partial charge on any atom is -0.323 e. The van der Waals surface area contributed by atoms with Crippen molar-refractivity contribution in [1.29, 1.82) is 0 Å². The van der Waals surface area contributed by atoms with Crippen molar-refractivity contribution in [2.45, 2.75) is 12.5 Å². The van der Waals surface area contributed by atoms with Crippen LogP contribution in [0.4, 0.5) is 0 Å². The molecule has 2 aromatic rings. The first-order valence-corrected chi connectivity index (χ1v) is 6.05. The molecule has 1 aromatic carbocycles. The summed E-state index contributed by atoms with van der Waals surface area (Å²) in [5.41, 5.74) is 8.14. The molecule has 0 fully saturated rings. The Morgan fingerprint density at radius 1 is 1.28 bits per heavy atom. The van der Waals surface area contributed by atoms with Gasteiger partial charge in [-0.2, -0.15) is 0 Å². The minimum absolute atomic E-state index is 0.0531. The summed E-state index contributed by atoms with van der Waals surface area (Å²) in [4.78, 5) is 2.12. The molecular weight excluding hydrogens is 226 g/mol. The molecular formula is C13H19N5. The molecule has 0 saturated carbocycles. The van der Waals surface area contributed by atoms with Crippen LogP contribution in [0.25, 0.3) is 5.69 Å². The van der Waals surface area contributed by atoms with E-state index in [1.165, 1.54) is 0 Å². The molecule has 0 spiro atoms. The molecule has 96 valence electrons. The van der Waals surface area contributed by atoms with Gasteiger partial charge in [-0.05, 0) is 39.2 Å². The highest BCUT2D eigenvalue weighted by molar-refractivity contribution is 5.32. The SMILES string of the molecule is CN(C)CCC(N)c1cnnn1-c1ccccc1. The Kier molecular flexibility index (Phi) is 4.07. The monoisotopic (exact) mass is 245 g/mol. The van der Waals surface area contributed by atoms with Gasteiger partial charge in [-0.15, -0.1) is 5.10 Å². The standard InChI is InChI=1S/C13H19N5/c1-17(2)9-8-12(14)13-10-15-16-18(13)11-6-4-3-5-7-11/h3-7,10,12H,8-9,14H2,1-2H3. The third-order valence-corrected chi connectivity index (χ3v) is 2.84. The summed E-state index contributed by atoms with van der Waals surface area (Å²) in [6, 6.07) is 9.88. The van der Waals surface area contributed by atoms with Crippen LogP contribution in [0.15, 0.2) is 36.5 Å². The molecule has 0 amide bonds. The number of hydrogen-bond donors (Lipinski definition) is 1. The lowest BCUT2D eigenvalue weighted by Gasteiger charge is -2.16. The van der Waals surface area contributed by atoms with Gasteiger partial charge >= 0.3 is 0 Å². The maximum Gasteiger partial charge on any atom is 0.0813 e. The van der Waals surface area contributed by atoms with E-state index in [0.29, 0.717) is 0 Å². The number of benzene rings is 1. The Labute approximate surface area is 107 Å². The summed E-state index contributed by atoms with van der Waals surface area (Å²) in [6.45, 7) is 0.946. The maximum absolute atomic E-state index is 6.20. The van der Waals surface area contributed by atoms with Crippen LogP contribution in [0.5, 0.6) is 0 Å². The van der Waals surface area contributed by atoms with Crippen molar-refractivity contribution in [2.24, 2.45) is 5.73 Å². The zero-order chi connectivity index (χ0) is 13.0. The number of nitrogens with two attached hydrogens (primary N) is 1. The largest absolute Gasteiger partial charge is 0.323 e. The highest BCUT2D eigenvalue weighted by atomic mass is 15.4. The summed E-state index contributed by atoms with van der Waals surface area (Å²) in [5, 5.41) is 8.07. The number of aromatic nitrogens is 3.